The molecule has 0 saturated carbocycles. The molecule has 0 spiro atoms. The molecular formula is C14H19NO3S. The van der Waals surface area contributed by atoms with E-state index < -0.39 is 9.84 Å². The van der Waals surface area contributed by atoms with Gasteiger partial charge < -0.3 is 10.1 Å². The van der Waals surface area contributed by atoms with Crippen LogP contribution >= 0.6 is 0 Å². The van der Waals surface area contributed by atoms with Crippen LogP contribution in [0.4, 0.5) is 0 Å². The average molecular weight is 281 g/mol. The molecule has 19 heavy (non-hydrogen) atoms. The average Bonchev–Trinajstić information content (AvgIpc) is 2.37. The van der Waals surface area contributed by atoms with E-state index in [1.165, 1.54) is 18.4 Å². The predicted octanol–water partition coefficient (Wildman–Crippen LogP) is 1.33. The van der Waals surface area contributed by atoms with Crippen molar-refractivity contribution in [3.63, 3.8) is 0 Å². The van der Waals surface area contributed by atoms with Crippen molar-refractivity contribution in [2.45, 2.75) is 28.9 Å². The summed E-state index contributed by atoms with van der Waals surface area (Å²) in [6, 6.07) is 7.42. The number of hydrogen-bond donors (Lipinski definition) is 1. The second-order valence-electron chi connectivity index (χ2n) is 5.32. The first-order chi connectivity index (χ1) is 9.18. The molecule has 2 fully saturated rings. The first kappa shape index (κ1) is 13.1. The summed E-state index contributed by atoms with van der Waals surface area (Å²) in [5.74, 6) is 0.512. The number of hydrogen-bond acceptors (Lipinski definition) is 4. The summed E-state index contributed by atoms with van der Waals surface area (Å²) in [5, 5.41) is 3.03. The summed E-state index contributed by atoms with van der Waals surface area (Å²) in [4.78, 5) is 0.424. The van der Waals surface area contributed by atoms with Crippen molar-refractivity contribution in [1.29, 1.82) is 0 Å². The van der Waals surface area contributed by atoms with Gasteiger partial charge in [0, 0.05) is 6.54 Å². The maximum atomic E-state index is 12.2. The molecule has 0 aliphatic carbocycles. The van der Waals surface area contributed by atoms with Crippen molar-refractivity contribution in [3.8, 4) is 0 Å². The van der Waals surface area contributed by atoms with Gasteiger partial charge in [-0.05, 0) is 43.0 Å². The Morgan fingerprint density at radius 2 is 1.89 bits per heavy atom. The van der Waals surface area contributed by atoms with Gasteiger partial charge >= 0.3 is 0 Å². The van der Waals surface area contributed by atoms with Gasteiger partial charge in [-0.1, -0.05) is 12.1 Å². The second kappa shape index (κ2) is 5.23. The molecule has 1 atom stereocenters. The molecule has 1 N–H and O–H groups in total. The quantitative estimate of drug-likeness (QED) is 0.908. The minimum Gasteiger partial charge on any atom is -0.379 e. The molecule has 0 aromatic heterocycles. The summed E-state index contributed by atoms with van der Waals surface area (Å²) in [7, 11) is -3.19. The smallest absolute Gasteiger partial charge is 0.185 e. The zero-order chi connectivity index (χ0) is 13.3. The third-order valence-corrected chi connectivity index (χ3v) is 6.10. The number of ether oxygens (including phenoxy) is 1. The molecule has 1 aromatic rings. The molecule has 104 valence electrons. The molecule has 5 heteroatoms. The minimum atomic E-state index is -3.19. The van der Waals surface area contributed by atoms with E-state index in [1.54, 1.807) is 12.1 Å². The van der Waals surface area contributed by atoms with Gasteiger partial charge in [0.2, 0.25) is 0 Å². The van der Waals surface area contributed by atoms with Crippen LogP contribution in [-0.4, -0.2) is 40.0 Å². The van der Waals surface area contributed by atoms with E-state index in [4.69, 9.17) is 4.74 Å². The zero-order valence-electron chi connectivity index (χ0n) is 10.8. The summed E-state index contributed by atoms with van der Waals surface area (Å²) in [5.41, 5.74) is 1.23. The monoisotopic (exact) mass is 281 g/mol. The Hall–Kier alpha value is -0.910. The fourth-order valence-electron chi connectivity index (χ4n) is 2.65. The van der Waals surface area contributed by atoms with Gasteiger partial charge in [-0.15, -0.1) is 0 Å². The van der Waals surface area contributed by atoms with Crippen LogP contribution in [0.3, 0.4) is 0 Å². The molecule has 0 bridgehead atoms. The van der Waals surface area contributed by atoms with Gasteiger partial charge in [-0.3, -0.25) is 0 Å². The fraction of sp³-hybridized carbons (Fsp3) is 0.571. The zero-order valence-corrected chi connectivity index (χ0v) is 11.7. The highest BCUT2D eigenvalue weighted by Crippen LogP contribution is 2.26. The van der Waals surface area contributed by atoms with E-state index in [1.807, 2.05) is 12.1 Å². The molecule has 3 rings (SSSR count). The Bertz CT molecular complexity index is 528. The number of benzene rings is 1. The standard InChI is InChI=1S/C14H19NO3S/c16-19(17,14-9-18-10-14)13-5-3-11(4-6-13)12-2-1-7-15-8-12/h3-6,12,14-15H,1-2,7-10H2. The van der Waals surface area contributed by atoms with Crippen LogP contribution in [0.1, 0.15) is 24.3 Å². The maximum absolute atomic E-state index is 12.2. The first-order valence-electron chi connectivity index (χ1n) is 6.80. The molecule has 0 radical (unpaired) electrons. The van der Waals surface area contributed by atoms with Crippen molar-refractivity contribution in [2.75, 3.05) is 26.3 Å². The third kappa shape index (κ3) is 2.55. The van der Waals surface area contributed by atoms with Crippen molar-refractivity contribution < 1.29 is 13.2 Å². The van der Waals surface area contributed by atoms with Gasteiger partial charge in [-0.25, -0.2) is 8.42 Å². The topological polar surface area (TPSA) is 55.4 Å². The maximum Gasteiger partial charge on any atom is 0.185 e. The number of sulfone groups is 1. The van der Waals surface area contributed by atoms with Crippen LogP contribution in [0.25, 0.3) is 0 Å². The number of nitrogens with one attached hydrogen (secondary N) is 1. The molecule has 1 aromatic carbocycles. The highest BCUT2D eigenvalue weighted by molar-refractivity contribution is 7.92. The Kier molecular flexibility index (Phi) is 3.60. The van der Waals surface area contributed by atoms with Crippen LogP contribution in [-0.2, 0) is 14.6 Å². The molecule has 4 nitrogen and oxygen atoms in total. The summed E-state index contributed by atoms with van der Waals surface area (Å²) in [6.45, 7) is 2.74. The molecule has 2 heterocycles. The van der Waals surface area contributed by atoms with Gasteiger partial charge in [0.15, 0.2) is 9.84 Å². The minimum absolute atomic E-state index is 0.330. The second-order valence-corrected chi connectivity index (χ2v) is 7.54. The summed E-state index contributed by atoms with van der Waals surface area (Å²) in [6.07, 6.45) is 2.36. The Balaban J connectivity index is 1.78. The van der Waals surface area contributed by atoms with Crippen LogP contribution < -0.4 is 5.32 Å². The summed E-state index contributed by atoms with van der Waals surface area (Å²) >= 11 is 0. The van der Waals surface area contributed by atoms with E-state index in [0.29, 0.717) is 24.0 Å². The summed E-state index contributed by atoms with van der Waals surface area (Å²) < 4.78 is 29.4. The van der Waals surface area contributed by atoms with E-state index in [0.717, 1.165) is 13.1 Å². The lowest BCUT2D eigenvalue weighted by molar-refractivity contribution is 0.0416. The number of rotatable bonds is 3. The van der Waals surface area contributed by atoms with Gasteiger partial charge in [0.05, 0.1) is 18.1 Å². The molecule has 1 unspecified atom stereocenters. The Morgan fingerprint density at radius 3 is 2.42 bits per heavy atom. The van der Waals surface area contributed by atoms with Crippen molar-refractivity contribution in [1.82, 2.24) is 5.32 Å². The van der Waals surface area contributed by atoms with Crippen molar-refractivity contribution in [3.05, 3.63) is 29.8 Å². The van der Waals surface area contributed by atoms with Crippen LogP contribution in [0.5, 0.6) is 0 Å². The van der Waals surface area contributed by atoms with Gasteiger partial charge in [0.25, 0.3) is 0 Å². The number of piperidine rings is 1. The molecule has 2 aliphatic heterocycles. The van der Waals surface area contributed by atoms with E-state index in [-0.39, 0.29) is 5.25 Å². The van der Waals surface area contributed by atoms with Crippen molar-refractivity contribution >= 4 is 9.84 Å². The van der Waals surface area contributed by atoms with E-state index >= 15 is 0 Å². The predicted molar refractivity (Wildman–Crippen MR) is 73.1 cm³/mol. The SMILES string of the molecule is O=S(=O)(c1ccc(C2CCCNC2)cc1)C1COC1. The first-order valence-corrected chi connectivity index (χ1v) is 8.35. The fourth-order valence-corrected chi connectivity index (χ4v) is 4.10. The Morgan fingerprint density at radius 1 is 1.16 bits per heavy atom. The third-order valence-electron chi connectivity index (χ3n) is 4.02. The molecule has 0 amide bonds. The van der Waals surface area contributed by atoms with Crippen LogP contribution in [0.15, 0.2) is 29.2 Å². The highest BCUT2D eigenvalue weighted by Gasteiger charge is 2.33. The molecule has 2 aliphatic rings. The lowest BCUT2D eigenvalue weighted by atomic mass is 9.92. The van der Waals surface area contributed by atoms with Crippen LogP contribution in [0.2, 0.25) is 0 Å². The largest absolute Gasteiger partial charge is 0.379 e. The lowest BCUT2D eigenvalue weighted by Gasteiger charge is -2.26. The molecular weight excluding hydrogens is 262 g/mol. The van der Waals surface area contributed by atoms with Crippen LogP contribution in [0, 0.1) is 0 Å². The van der Waals surface area contributed by atoms with E-state index in [2.05, 4.69) is 5.32 Å². The highest BCUT2D eigenvalue weighted by atomic mass is 32.2. The molecule has 2 saturated heterocycles. The van der Waals surface area contributed by atoms with Gasteiger partial charge in [0.1, 0.15) is 5.25 Å². The van der Waals surface area contributed by atoms with Crippen molar-refractivity contribution in [2.24, 2.45) is 0 Å². The van der Waals surface area contributed by atoms with E-state index in [9.17, 15) is 8.42 Å². The lowest BCUT2D eigenvalue weighted by Crippen LogP contribution is -2.40. The Labute approximate surface area is 114 Å². The van der Waals surface area contributed by atoms with Gasteiger partial charge in [-0.2, -0.15) is 0 Å². The normalized spacial score (nSPS) is 24.9.